The Balaban J connectivity index is 1.42. The Morgan fingerprint density at radius 1 is 0.943 bits per heavy atom. The highest BCUT2D eigenvalue weighted by Gasteiger charge is 2.24. The SMILES string of the molecule is COc1cccc(-c2nnc(SCC(=O)N3CCCc4cc(OC)ccc43)n2-c2ccccc2)c1. The van der Waals surface area contributed by atoms with E-state index in [2.05, 4.69) is 10.2 Å². The first-order chi connectivity index (χ1) is 17.2. The summed E-state index contributed by atoms with van der Waals surface area (Å²) in [5.41, 5.74) is 3.92. The van der Waals surface area contributed by atoms with Gasteiger partial charge in [-0.2, -0.15) is 0 Å². The van der Waals surface area contributed by atoms with Gasteiger partial charge in [0, 0.05) is 23.5 Å². The smallest absolute Gasteiger partial charge is 0.237 e. The molecular weight excluding hydrogens is 460 g/mol. The Bertz CT molecular complexity index is 1340. The van der Waals surface area contributed by atoms with E-state index in [-0.39, 0.29) is 11.7 Å². The lowest BCUT2D eigenvalue weighted by atomic mass is 10.0. The third-order valence-electron chi connectivity index (χ3n) is 6.01. The number of methoxy groups -OCH3 is 2. The van der Waals surface area contributed by atoms with E-state index in [0.717, 1.165) is 46.8 Å². The van der Waals surface area contributed by atoms with Gasteiger partial charge >= 0.3 is 0 Å². The number of hydrogen-bond donors (Lipinski definition) is 0. The molecule has 0 aliphatic carbocycles. The number of para-hydroxylation sites is 1. The molecule has 0 N–H and O–H groups in total. The lowest BCUT2D eigenvalue weighted by Crippen LogP contribution is -2.36. The van der Waals surface area contributed by atoms with Crippen LogP contribution in [0.3, 0.4) is 0 Å². The highest BCUT2D eigenvalue weighted by Crippen LogP contribution is 2.33. The molecule has 35 heavy (non-hydrogen) atoms. The van der Waals surface area contributed by atoms with Crippen LogP contribution in [0.25, 0.3) is 17.1 Å². The molecule has 0 bridgehead atoms. The van der Waals surface area contributed by atoms with Crippen molar-refractivity contribution in [1.29, 1.82) is 0 Å². The van der Waals surface area contributed by atoms with Crippen LogP contribution in [0, 0.1) is 0 Å². The van der Waals surface area contributed by atoms with E-state index < -0.39 is 0 Å². The molecule has 1 amide bonds. The van der Waals surface area contributed by atoms with Crippen LogP contribution in [0.2, 0.25) is 0 Å². The minimum atomic E-state index is 0.0478. The van der Waals surface area contributed by atoms with Crippen LogP contribution in [0.4, 0.5) is 5.69 Å². The molecule has 2 heterocycles. The highest BCUT2D eigenvalue weighted by atomic mass is 32.2. The molecule has 1 aliphatic heterocycles. The van der Waals surface area contributed by atoms with Gasteiger partial charge in [-0.1, -0.05) is 42.1 Å². The molecular formula is C27H26N4O3S. The van der Waals surface area contributed by atoms with E-state index in [1.807, 2.05) is 82.3 Å². The number of fused-ring (bicyclic) bond motifs is 1. The van der Waals surface area contributed by atoms with Gasteiger partial charge in [0.1, 0.15) is 11.5 Å². The maximum atomic E-state index is 13.3. The van der Waals surface area contributed by atoms with Crippen LogP contribution in [0.5, 0.6) is 11.5 Å². The monoisotopic (exact) mass is 486 g/mol. The summed E-state index contributed by atoms with van der Waals surface area (Å²) in [4.78, 5) is 15.2. The van der Waals surface area contributed by atoms with Crippen LogP contribution in [0.15, 0.2) is 78.0 Å². The molecule has 178 valence electrons. The first-order valence-corrected chi connectivity index (χ1v) is 12.4. The molecule has 1 aliphatic rings. The van der Waals surface area contributed by atoms with E-state index >= 15 is 0 Å². The number of carbonyl (C=O) groups excluding carboxylic acids is 1. The van der Waals surface area contributed by atoms with Gasteiger partial charge in [-0.15, -0.1) is 10.2 Å². The number of aryl methyl sites for hydroxylation is 1. The molecule has 0 atom stereocenters. The van der Waals surface area contributed by atoms with Crippen molar-refractivity contribution in [1.82, 2.24) is 14.8 Å². The van der Waals surface area contributed by atoms with Crippen molar-refractivity contribution in [2.45, 2.75) is 18.0 Å². The Kier molecular flexibility index (Phi) is 6.72. The van der Waals surface area contributed by atoms with Gasteiger partial charge < -0.3 is 14.4 Å². The second-order valence-electron chi connectivity index (χ2n) is 8.14. The van der Waals surface area contributed by atoms with Crippen LogP contribution in [0.1, 0.15) is 12.0 Å². The number of carbonyl (C=O) groups is 1. The molecule has 5 rings (SSSR count). The zero-order valence-corrected chi connectivity index (χ0v) is 20.5. The van der Waals surface area contributed by atoms with Crippen LogP contribution >= 0.6 is 11.8 Å². The topological polar surface area (TPSA) is 69.5 Å². The average molecular weight is 487 g/mol. The number of rotatable bonds is 7. The highest BCUT2D eigenvalue weighted by molar-refractivity contribution is 7.99. The number of thioether (sulfide) groups is 1. The Morgan fingerprint density at radius 2 is 1.74 bits per heavy atom. The number of aromatic nitrogens is 3. The zero-order valence-electron chi connectivity index (χ0n) is 19.7. The first kappa shape index (κ1) is 23.0. The number of benzene rings is 3. The molecule has 3 aromatic carbocycles. The van der Waals surface area contributed by atoms with Gasteiger partial charge in [0.15, 0.2) is 11.0 Å². The number of anilines is 1. The Hall–Kier alpha value is -3.78. The fourth-order valence-corrected chi connectivity index (χ4v) is 5.11. The summed E-state index contributed by atoms with van der Waals surface area (Å²) in [6, 6.07) is 23.6. The van der Waals surface area contributed by atoms with Crippen molar-refractivity contribution < 1.29 is 14.3 Å². The van der Waals surface area contributed by atoms with Gasteiger partial charge in [-0.25, -0.2) is 0 Å². The van der Waals surface area contributed by atoms with Crippen molar-refractivity contribution >= 4 is 23.4 Å². The molecule has 0 saturated carbocycles. The predicted octanol–water partition coefficient (Wildman–Crippen LogP) is 5.02. The molecule has 8 heteroatoms. The van der Waals surface area contributed by atoms with E-state index in [1.54, 1.807) is 14.2 Å². The summed E-state index contributed by atoms with van der Waals surface area (Å²) in [5, 5.41) is 9.60. The first-order valence-electron chi connectivity index (χ1n) is 11.4. The summed E-state index contributed by atoms with van der Waals surface area (Å²) in [5.74, 6) is 2.56. The number of hydrogen-bond acceptors (Lipinski definition) is 6. The van der Waals surface area contributed by atoms with Crippen molar-refractivity contribution in [3.63, 3.8) is 0 Å². The second kappa shape index (κ2) is 10.2. The number of amides is 1. The molecule has 0 unspecified atom stereocenters. The minimum absolute atomic E-state index is 0.0478. The summed E-state index contributed by atoms with van der Waals surface area (Å²) < 4.78 is 12.7. The fourth-order valence-electron chi connectivity index (χ4n) is 4.29. The zero-order chi connectivity index (χ0) is 24.2. The molecule has 4 aromatic rings. The standard InChI is InChI=1S/C27H26N4O3S/c1-33-22-12-6-8-20(17-22)26-28-29-27(31(26)21-10-4-3-5-11-21)35-18-25(32)30-15-7-9-19-16-23(34-2)13-14-24(19)30/h3-6,8,10-14,16-17H,7,9,15,18H2,1-2H3. The molecule has 1 aromatic heterocycles. The van der Waals surface area contributed by atoms with Gasteiger partial charge in [-0.3, -0.25) is 9.36 Å². The third-order valence-corrected chi connectivity index (χ3v) is 6.92. The average Bonchev–Trinajstić information content (AvgIpc) is 3.35. The van der Waals surface area contributed by atoms with Crippen molar-refractivity contribution in [3.8, 4) is 28.6 Å². The maximum absolute atomic E-state index is 13.3. The lowest BCUT2D eigenvalue weighted by Gasteiger charge is -2.29. The molecule has 0 spiro atoms. The van der Waals surface area contributed by atoms with Gasteiger partial charge in [0.25, 0.3) is 0 Å². The largest absolute Gasteiger partial charge is 0.497 e. The predicted molar refractivity (Wildman–Crippen MR) is 138 cm³/mol. The van der Waals surface area contributed by atoms with Gasteiger partial charge in [-0.05, 0) is 60.9 Å². The van der Waals surface area contributed by atoms with Crippen LogP contribution in [-0.2, 0) is 11.2 Å². The van der Waals surface area contributed by atoms with E-state index in [4.69, 9.17) is 9.47 Å². The minimum Gasteiger partial charge on any atom is -0.497 e. The van der Waals surface area contributed by atoms with Crippen LogP contribution in [-0.4, -0.2) is 47.2 Å². The second-order valence-corrected chi connectivity index (χ2v) is 9.08. The Labute approximate surface area is 208 Å². The van der Waals surface area contributed by atoms with Crippen molar-refractivity contribution in [3.05, 3.63) is 78.4 Å². The molecule has 0 fully saturated rings. The van der Waals surface area contributed by atoms with E-state index in [1.165, 1.54) is 11.8 Å². The van der Waals surface area contributed by atoms with E-state index in [9.17, 15) is 4.79 Å². The maximum Gasteiger partial charge on any atom is 0.237 e. The van der Waals surface area contributed by atoms with Crippen LogP contribution < -0.4 is 14.4 Å². The van der Waals surface area contributed by atoms with Crippen molar-refractivity contribution in [2.24, 2.45) is 0 Å². The summed E-state index contributed by atoms with van der Waals surface area (Å²) in [7, 11) is 3.30. The summed E-state index contributed by atoms with van der Waals surface area (Å²) >= 11 is 1.39. The third kappa shape index (κ3) is 4.74. The lowest BCUT2D eigenvalue weighted by molar-refractivity contribution is -0.116. The fraction of sp³-hybridized carbons (Fsp3) is 0.222. The van der Waals surface area contributed by atoms with Gasteiger partial charge in [0.2, 0.25) is 5.91 Å². The normalized spacial score (nSPS) is 12.8. The van der Waals surface area contributed by atoms with E-state index in [0.29, 0.717) is 17.5 Å². The summed E-state index contributed by atoms with van der Waals surface area (Å²) in [6.45, 7) is 0.707. The Morgan fingerprint density at radius 3 is 2.54 bits per heavy atom. The number of ether oxygens (including phenoxy) is 2. The molecule has 0 saturated heterocycles. The molecule has 7 nitrogen and oxygen atoms in total. The molecule has 0 radical (unpaired) electrons. The summed E-state index contributed by atoms with van der Waals surface area (Å²) in [6.07, 6.45) is 1.87. The quantitative estimate of drug-likeness (QED) is 0.342. The van der Waals surface area contributed by atoms with Crippen molar-refractivity contribution in [2.75, 3.05) is 31.4 Å². The van der Waals surface area contributed by atoms with Gasteiger partial charge in [0.05, 0.1) is 20.0 Å². The number of nitrogens with zero attached hydrogens (tertiary/aromatic N) is 4.